The second-order valence-corrected chi connectivity index (χ2v) is 8.04. The van der Waals surface area contributed by atoms with E-state index in [-0.39, 0.29) is 17.8 Å². The summed E-state index contributed by atoms with van der Waals surface area (Å²) in [5, 5.41) is 3.02. The first-order chi connectivity index (χ1) is 14.1. The fraction of sp³-hybridized carbons (Fsp3) is 0.619. The van der Waals surface area contributed by atoms with Crippen molar-refractivity contribution < 1.29 is 18.7 Å². The molecule has 1 unspecified atom stereocenters. The molecular formula is C21H28N4O4. The van der Waals surface area contributed by atoms with Crippen LogP contribution >= 0.6 is 0 Å². The molecule has 1 N–H and O–H groups in total. The SMILES string of the molecule is CCOC(=O)C1(NC(=O)CC2CCCN(c3nc4ncccc4o3)C2)CCCC1. The van der Waals surface area contributed by atoms with Crippen molar-refractivity contribution in [2.75, 3.05) is 24.6 Å². The molecule has 1 aliphatic heterocycles. The van der Waals surface area contributed by atoms with Gasteiger partial charge in [0.1, 0.15) is 5.54 Å². The number of anilines is 1. The first-order valence-corrected chi connectivity index (χ1v) is 10.5. The van der Waals surface area contributed by atoms with Gasteiger partial charge >= 0.3 is 5.97 Å². The molecule has 8 nitrogen and oxygen atoms in total. The molecular weight excluding hydrogens is 372 g/mol. The highest BCUT2D eigenvalue weighted by Gasteiger charge is 2.44. The number of hydrogen-bond donors (Lipinski definition) is 1. The molecule has 1 atom stereocenters. The molecule has 2 aliphatic rings. The van der Waals surface area contributed by atoms with Crippen molar-refractivity contribution in [3.8, 4) is 0 Å². The number of fused-ring (bicyclic) bond motifs is 1. The predicted molar refractivity (Wildman–Crippen MR) is 107 cm³/mol. The zero-order chi connectivity index (χ0) is 20.3. The number of pyridine rings is 1. The van der Waals surface area contributed by atoms with Crippen LogP contribution in [0, 0.1) is 5.92 Å². The molecule has 8 heteroatoms. The Morgan fingerprint density at radius 3 is 2.93 bits per heavy atom. The number of hydrogen-bond acceptors (Lipinski definition) is 7. The summed E-state index contributed by atoms with van der Waals surface area (Å²) >= 11 is 0. The van der Waals surface area contributed by atoms with Crippen LogP contribution in [-0.4, -0.2) is 47.1 Å². The summed E-state index contributed by atoms with van der Waals surface area (Å²) in [5.41, 5.74) is 0.424. The maximum Gasteiger partial charge on any atom is 0.331 e. The van der Waals surface area contributed by atoms with Crippen LogP contribution in [0.5, 0.6) is 0 Å². The highest BCUT2D eigenvalue weighted by atomic mass is 16.5. The lowest BCUT2D eigenvalue weighted by molar-refractivity contribution is -0.153. The lowest BCUT2D eigenvalue weighted by Gasteiger charge is -2.33. The largest absolute Gasteiger partial charge is 0.464 e. The topological polar surface area (TPSA) is 97.6 Å². The number of nitrogens with zero attached hydrogens (tertiary/aromatic N) is 3. The van der Waals surface area contributed by atoms with Gasteiger partial charge in [0, 0.05) is 25.7 Å². The lowest BCUT2D eigenvalue weighted by atomic mass is 9.92. The summed E-state index contributed by atoms with van der Waals surface area (Å²) in [6, 6.07) is 4.23. The van der Waals surface area contributed by atoms with Gasteiger partial charge in [0.25, 0.3) is 6.01 Å². The fourth-order valence-corrected chi connectivity index (χ4v) is 4.51. The monoisotopic (exact) mass is 400 g/mol. The molecule has 2 aromatic heterocycles. The van der Waals surface area contributed by atoms with Crippen LogP contribution < -0.4 is 10.2 Å². The number of rotatable bonds is 6. The van der Waals surface area contributed by atoms with E-state index in [0.717, 1.165) is 32.2 Å². The Labute approximate surface area is 170 Å². The van der Waals surface area contributed by atoms with E-state index in [1.54, 1.807) is 13.1 Å². The number of ether oxygens (including phenoxy) is 1. The van der Waals surface area contributed by atoms with Gasteiger partial charge in [-0.15, -0.1) is 0 Å². The van der Waals surface area contributed by atoms with E-state index in [4.69, 9.17) is 9.15 Å². The number of esters is 1. The summed E-state index contributed by atoms with van der Waals surface area (Å²) in [4.78, 5) is 36.0. The standard InChI is InChI=1S/C21H28N4O4/c1-2-28-19(27)21(9-3-4-10-21)24-17(26)13-15-7-6-12-25(14-15)20-23-18-16(29-20)8-5-11-22-18/h5,8,11,15H,2-4,6-7,9-10,12-14H2,1H3,(H,24,26). The van der Waals surface area contributed by atoms with Crippen molar-refractivity contribution >= 4 is 29.1 Å². The number of nitrogens with one attached hydrogen (secondary N) is 1. The predicted octanol–water partition coefficient (Wildman–Crippen LogP) is 2.82. The van der Waals surface area contributed by atoms with Crippen LogP contribution in [-0.2, 0) is 14.3 Å². The van der Waals surface area contributed by atoms with Crippen molar-refractivity contribution in [3.63, 3.8) is 0 Å². The number of carbonyl (C=O) groups is 2. The minimum atomic E-state index is -0.840. The summed E-state index contributed by atoms with van der Waals surface area (Å²) in [6.07, 6.45) is 7.19. The Morgan fingerprint density at radius 2 is 2.17 bits per heavy atom. The second kappa shape index (κ2) is 8.39. The van der Waals surface area contributed by atoms with Gasteiger partial charge in [0.05, 0.1) is 6.61 Å². The molecule has 29 heavy (non-hydrogen) atoms. The van der Waals surface area contributed by atoms with Gasteiger partial charge in [0.2, 0.25) is 11.6 Å². The van der Waals surface area contributed by atoms with Crippen LogP contribution in [0.15, 0.2) is 22.7 Å². The van der Waals surface area contributed by atoms with Crippen LogP contribution in [0.25, 0.3) is 11.2 Å². The zero-order valence-corrected chi connectivity index (χ0v) is 16.9. The maximum atomic E-state index is 12.8. The van der Waals surface area contributed by atoms with E-state index in [0.29, 0.717) is 49.7 Å². The molecule has 0 bridgehead atoms. The molecule has 0 radical (unpaired) electrons. The molecule has 1 amide bonds. The molecule has 2 fully saturated rings. The van der Waals surface area contributed by atoms with Crippen LogP contribution in [0.3, 0.4) is 0 Å². The molecule has 0 aromatic carbocycles. The minimum Gasteiger partial charge on any atom is -0.464 e. The highest BCUT2D eigenvalue weighted by Crippen LogP contribution is 2.32. The summed E-state index contributed by atoms with van der Waals surface area (Å²) < 4.78 is 11.1. The van der Waals surface area contributed by atoms with E-state index >= 15 is 0 Å². The Kier molecular flexibility index (Phi) is 5.69. The van der Waals surface area contributed by atoms with E-state index in [1.165, 1.54) is 0 Å². The number of amides is 1. The van der Waals surface area contributed by atoms with Gasteiger partial charge in [-0.05, 0) is 50.7 Å². The lowest BCUT2D eigenvalue weighted by Crippen LogP contribution is -2.54. The Hall–Kier alpha value is -2.64. The highest BCUT2D eigenvalue weighted by molar-refractivity contribution is 5.88. The summed E-state index contributed by atoms with van der Waals surface area (Å²) in [5.74, 6) is -0.187. The summed E-state index contributed by atoms with van der Waals surface area (Å²) in [7, 11) is 0. The van der Waals surface area contributed by atoms with Crippen molar-refractivity contribution in [1.82, 2.24) is 15.3 Å². The van der Waals surface area contributed by atoms with Gasteiger partial charge in [-0.1, -0.05) is 12.8 Å². The van der Waals surface area contributed by atoms with Crippen molar-refractivity contribution in [1.29, 1.82) is 0 Å². The van der Waals surface area contributed by atoms with Gasteiger partial charge < -0.3 is 19.4 Å². The molecule has 3 heterocycles. The Morgan fingerprint density at radius 1 is 1.34 bits per heavy atom. The quantitative estimate of drug-likeness (QED) is 0.745. The van der Waals surface area contributed by atoms with E-state index < -0.39 is 5.54 Å². The van der Waals surface area contributed by atoms with Gasteiger partial charge in [-0.3, -0.25) is 4.79 Å². The van der Waals surface area contributed by atoms with Crippen LogP contribution in [0.2, 0.25) is 0 Å². The molecule has 1 saturated carbocycles. The number of oxazole rings is 1. The van der Waals surface area contributed by atoms with Gasteiger partial charge in [-0.2, -0.15) is 4.98 Å². The zero-order valence-electron chi connectivity index (χ0n) is 16.9. The minimum absolute atomic E-state index is 0.0777. The van der Waals surface area contributed by atoms with Crippen LogP contribution in [0.1, 0.15) is 51.9 Å². The summed E-state index contributed by atoms with van der Waals surface area (Å²) in [6.45, 7) is 3.67. The number of piperidine rings is 1. The van der Waals surface area contributed by atoms with Crippen LogP contribution in [0.4, 0.5) is 6.01 Å². The molecule has 2 aromatic rings. The smallest absolute Gasteiger partial charge is 0.331 e. The van der Waals surface area contributed by atoms with Crippen molar-refractivity contribution in [2.24, 2.45) is 5.92 Å². The fourth-order valence-electron chi connectivity index (χ4n) is 4.51. The third-order valence-corrected chi connectivity index (χ3v) is 5.92. The third kappa shape index (κ3) is 4.21. The normalized spacial score (nSPS) is 21.3. The number of carbonyl (C=O) groups excluding carboxylic acids is 2. The maximum absolute atomic E-state index is 12.8. The van der Waals surface area contributed by atoms with Crippen molar-refractivity contribution in [3.05, 3.63) is 18.3 Å². The van der Waals surface area contributed by atoms with E-state index in [2.05, 4.69) is 20.2 Å². The van der Waals surface area contributed by atoms with E-state index in [1.807, 2.05) is 12.1 Å². The average Bonchev–Trinajstić information content (AvgIpc) is 3.36. The first-order valence-electron chi connectivity index (χ1n) is 10.5. The van der Waals surface area contributed by atoms with Gasteiger partial charge in [0.15, 0.2) is 5.58 Å². The van der Waals surface area contributed by atoms with Crippen molar-refractivity contribution in [2.45, 2.75) is 57.4 Å². The molecule has 0 spiro atoms. The molecule has 1 saturated heterocycles. The first kappa shape index (κ1) is 19.7. The third-order valence-electron chi connectivity index (χ3n) is 5.92. The number of aromatic nitrogens is 2. The molecule has 4 rings (SSSR count). The molecule has 156 valence electrons. The second-order valence-electron chi connectivity index (χ2n) is 8.04. The van der Waals surface area contributed by atoms with E-state index in [9.17, 15) is 9.59 Å². The Balaban J connectivity index is 1.38. The average molecular weight is 400 g/mol. The van der Waals surface area contributed by atoms with Gasteiger partial charge in [-0.25, -0.2) is 9.78 Å². The Bertz CT molecular complexity index is 841. The molecule has 1 aliphatic carbocycles.